The Morgan fingerprint density at radius 3 is 2.13 bits per heavy atom. The fourth-order valence-electron chi connectivity index (χ4n) is 4.51. The summed E-state index contributed by atoms with van der Waals surface area (Å²) in [6, 6.07) is 13.6. The van der Waals surface area contributed by atoms with Gasteiger partial charge in [0, 0.05) is 12.6 Å². The standard InChI is InChI=1S/C32H47N3O4/c1-21(2)15-17-24(5)35(30(37)25(6)34-31(38)39-32(7,8)9)28(27-18-16-22(3)19-23(27)4)29(36)33-20-26-13-11-10-12-14-26/h10-14,16,18-19,21,24-25,28H,15,17,20H2,1-9H3,(H,33,36)(H,34,38). The molecule has 3 amide bonds. The normalized spacial score (nSPS) is 13.8. The highest BCUT2D eigenvalue weighted by molar-refractivity contribution is 5.92. The molecule has 0 fully saturated rings. The highest BCUT2D eigenvalue weighted by Gasteiger charge is 2.38. The third-order valence-corrected chi connectivity index (χ3v) is 6.55. The molecule has 0 spiro atoms. The summed E-state index contributed by atoms with van der Waals surface area (Å²) in [5, 5.41) is 5.74. The summed E-state index contributed by atoms with van der Waals surface area (Å²) in [4.78, 5) is 42.2. The van der Waals surface area contributed by atoms with Gasteiger partial charge in [0.2, 0.25) is 11.8 Å². The maximum atomic E-state index is 14.1. The Labute approximate surface area is 234 Å². The average Bonchev–Trinajstić information content (AvgIpc) is 2.84. The highest BCUT2D eigenvalue weighted by atomic mass is 16.6. The van der Waals surface area contributed by atoms with Crippen LogP contribution in [-0.4, -0.2) is 40.5 Å². The second kappa shape index (κ2) is 14.2. The molecule has 3 unspecified atom stereocenters. The van der Waals surface area contributed by atoms with Crippen molar-refractivity contribution in [2.24, 2.45) is 5.92 Å². The van der Waals surface area contributed by atoms with Crippen molar-refractivity contribution >= 4 is 17.9 Å². The maximum absolute atomic E-state index is 14.1. The van der Waals surface area contributed by atoms with Crippen molar-refractivity contribution in [1.29, 1.82) is 0 Å². The van der Waals surface area contributed by atoms with Crippen LogP contribution >= 0.6 is 0 Å². The van der Waals surface area contributed by atoms with Crippen molar-refractivity contribution in [3.8, 4) is 0 Å². The minimum absolute atomic E-state index is 0.254. The summed E-state index contributed by atoms with van der Waals surface area (Å²) in [6.07, 6.45) is 0.940. The summed E-state index contributed by atoms with van der Waals surface area (Å²) >= 11 is 0. The predicted octanol–water partition coefficient (Wildman–Crippen LogP) is 6.23. The van der Waals surface area contributed by atoms with Crippen LogP contribution in [0.2, 0.25) is 0 Å². The van der Waals surface area contributed by atoms with Crippen LogP contribution in [0.4, 0.5) is 4.79 Å². The zero-order valence-electron chi connectivity index (χ0n) is 25.1. The zero-order chi connectivity index (χ0) is 29.3. The van der Waals surface area contributed by atoms with Gasteiger partial charge in [0.15, 0.2) is 0 Å². The second-order valence-electron chi connectivity index (χ2n) is 11.9. The predicted molar refractivity (Wildman–Crippen MR) is 156 cm³/mol. The van der Waals surface area contributed by atoms with Gasteiger partial charge in [0.1, 0.15) is 17.7 Å². The van der Waals surface area contributed by atoms with E-state index >= 15 is 0 Å². The number of rotatable bonds is 11. The third kappa shape index (κ3) is 10.0. The largest absolute Gasteiger partial charge is 0.444 e. The van der Waals surface area contributed by atoms with E-state index in [1.54, 1.807) is 32.6 Å². The topological polar surface area (TPSA) is 87.7 Å². The van der Waals surface area contributed by atoms with Gasteiger partial charge in [-0.25, -0.2) is 4.79 Å². The minimum atomic E-state index is -0.892. The molecule has 0 radical (unpaired) electrons. The van der Waals surface area contributed by atoms with Crippen LogP contribution in [0.15, 0.2) is 48.5 Å². The lowest BCUT2D eigenvalue weighted by molar-refractivity contribution is -0.145. The summed E-state index contributed by atoms with van der Waals surface area (Å²) in [5.41, 5.74) is 3.04. The van der Waals surface area contributed by atoms with Crippen molar-refractivity contribution in [1.82, 2.24) is 15.5 Å². The van der Waals surface area contributed by atoms with Gasteiger partial charge in [-0.15, -0.1) is 0 Å². The first-order valence-corrected chi connectivity index (χ1v) is 13.9. The van der Waals surface area contributed by atoms with Gasteiger partial charge >= 0.3 is 6.09 Å². The number of carbonyl (C=O) groups excluding carboxylic acids is 3. The van der Waals surface area contributed by atoms with Crippen molar-refractivity contribution in [3.05, 3.63) is 70.8 Å². The molecule has 0 aliphatic rings. The lowest BCUT2D eigenvalue weighted by atomic mass is 9.94. The number of aryl methyl sites for hydroxylation is 2. The number of ether oxygens (including phenoxy) is 1. The van der Waals surface area contributed by atoms with Crippen molar-refractivity contribution in [3.63, 3.8) is 0 Å². The van der Waals surface area contributed by atoms with E-state index in [1.165, 1.54) is 0 Å². The molecule has 0 heterocycles. The Morgan fingerprint density at radius 2 is 1.56 bits per heavy atom. The van der Waals surface area contributed by atoms with Crippen LogP contribution in [0.5, 0.6) is 0 Å². The maximum Gasteiger partial charge on any atom is 0.408 e. The SMILES string of the molecule is Cc1ccc(C(C(=O)NCc2ccccc2)N(C(=O)C(C)NC(=O)OC(C)(C)C)C(C)CCC(C)C)c(C)c1. The Morgan fingerprint density at radius 1 is 0.923 bits per heavy atom. The van der Waals surface area contributed by atoms with Gasteiger partial charge < -0.3 is 20.3 Å². The summed E-state index contributed by atoms with van der Waals surface area (Å²) in [5.74, 6) is -0.162. The Hall–Kier alpha value is -3.35. The molecule has 0 aliphatic heterocycles. The number of nitrogens with one attached hydrogen (secondary N) is 2. The van der Waals surface area contributed by atoms with Crippen LogP contribution in [0.3, 0.4) is 0 Å². The minimum Gasteiger partial charge on any atom is -0.444 e. The average molecular weight is 538 g/mol. The van der Waals surface area contributed by atoms with E-state index in [0.29, 0.717) is 12.5 Å². The van der Waals surface area contributed by atoms with Gasteiger partial charge in [-0.2, -0.15) is 0 Å². The van der Waals surface area contributed by atoms with E-state index in [-0.39, 0.29) is 17.9 Å². The number of alkyl carbamates (subject to hydrolysis) is 1. The van der Waals surface area contributed by atoms with Crippen LogP contribution in [0, 0.1) is 19.8 Å². The molecule has 0 bridgehead atoms. The van der Waals surface area contributed by atoms with Gasteiger partial charge in [-0.1, -0.05) is 67.9 Å². The number of nitrogens with zero attached hydrogens (tertiary/aromatic N) is 1. The van der Waals surface area contributed by atoms with Crippen molar-refractivity contribution in [2.45, 2.75) is 105 Å². The molecular weight excluding hydrogens is 490 g/mol. The Balaban J connectivity index is 2.50. The van der Waals surface area contributed by atoms with E-state index in [9.17, 15) is 14.4 Å². The van der Waals surface area contributed by atoms with E-state index in [1.807, 2.05) is 69.3 Å². The van der Waals surface area contributed by atoms with Crippen LogP contribution in [-0.2, 0) is 20.9 Å². The van der Waals surface area contributed by atoms with Gasteiger partial charge in [-0.05, 0) is 83.9 Å². The monoisotopic (exact) mass is 537 g/mol. The molecule has 2 aromatic carbocycles. The number of hydrogen-bond donors (Lipinski definition) is 2. The van der Waals surface area contributed by atoms with E-state index in [2.05, 4.69) is 24.5 Å². The molecular formula is C32H47N3O4. The van der Waals surface area contributed by atoms with E-state index in [0.717, 1.165) is 35.1 Å². The first kappa shape index (κ1) is 31.9. The summed E-state index contributed by atoms with van der Waals surface area (Å²) in [7, 11) is 0. The lowest BCUT2D eigenvalue weighted by Gasteiger charge is -2.38. The number of carbonyl (C=O) groups is 3. The van der Waals surface area contributed by atoms with Crippen molar-refractivity contribution in [2.75, 3.05) is 0 Å². The molecule has 7 heteroatoms. The number of benzene rings is 2. The molecule has 2 aromatic rings. The molecule has 0 aliphatic carbocycles. The fraction of sp³-hybridized carbons (Fsp3) is 0.531. The lowest BCUT2D eigenvalue weighted by Crippen LogP contribution is -2.54. The Bertz CT molecular complexity index is 1110. The molecule has 7 nitrogen and oxygen atoms in total. The molecule has 3 atom stereocenters. The first-order valence-electron chi connectivity index (χ1n) is 13.9. The van der Waals surface area contributed by atoms with Crippen LogP contribution in [0.1, 0.15) is 89.6 Å². The quantitative estimate of drug-likeness (QED) is 0.356. The van der Waals surface area contributed by atoms with Gasteiger partial charge in [0.05, 0.1) is 0 Å². The third-order valence-electron chi connectivity index (χ3n) is 6.55. The molecule has 2 N–H and O–H groups in total. The summed E-state index contributed by atoms with van der Waals surface area (Å²) < 4.78 is 5.39. The molecule has 0 saturated carbocycles. The van der Waals surface area contributed by atoms with Gasteiger partial charge in [0.25, 0.3) is 0 Å². The number of hydrogen-bond acceptors (Lipinski definition) is 4. The molecule has 0 aromatic heterocycles. The van der Waals surface area contributed by atoms with Crippen LogP contribution < -0.4 is 10.6 Å². The van der Waals surface area contributed by atoms with E-state index < -0.39 is 23.8 Å². The van der Waals surface area contributed by atoms with Gasteiger partial charge in [-0.3, -0.25) is 9.59 Å². The second-order valence-corrected chi connectivity index (χ2v) is 11.9. The molecule has 0 saturated heterocycles. The molecule has 39 heavy (non-hydrogen) atoms. The highest BCUT2D eigenvalue weighted by Crippen LogP contribution is 2.30. The van der Waals surface area contributed by atoms with Crippen LogP contribution in [0.25, 0.3) is 0 Å². The molecule has 214 valence electrons. The smallest absolute Gasteiger partial charge is 0.408 e. The van der Waals surface area contributed by atoms with Crippen molar-refractivity contribution < 1.29 is 19.1 Å². The Kier molecular flexibility index (Phi) is 11.6. The van der Waals surface area contributed by atoms with E-state index in [4.69, 9.17) is 4.74 Å². The number of amides is 3. The molecule has 2 rings (SSSR count). The fourth-order valence-corrected chi connectivity index (χ4v) is 4.51. The summed E-state index contributed by atoms with van der Waals surface area (Å²) in [6.45, 7) is 17.5. The zero-order valence-corrected chi connectivity index (χ0v) is 25.1. The first-order chi connectivity index (χ1) is 18.2.